The van der Waals surface area contributed by atoms with Gasteiger partial charge in [-0.25, -0.2) is 10.4 Å². The molecule has 3 aromatic rings. The number of halogens is 1. The summed E-state index contributed by atoms with van der Waals surface area (Å²) in [4.78, 5) is 16.4. The van der Waals surface area contributed by atoms with Crippen LogP contribution < -0.4 is 5.43 Å². The highest BCUT2D eigenvalue weighted by molar-refractivity contribution is 7.12. The average Bonchev–Trinajstić information content (AvgIpc) is 3.16. The third-order valence-corrected chi connectivity index (χ3v) is 4.53. The predicted octanol–water partition coefficient (Wildman–Crippen LogP) is 3.97. The van der Waals surface area contributed by atoms with Gasteiger partial charge in [-0.3, -0.25) is 9.36 Å². The van der Waals surface area contributed by atoms with Crippen LogP contribution >= 0.6 is 22.9 Å². The zero-order valence-corrected chi connectivity index (χ0v) is 14.7. The molecule has 1 amide bonds. The minimum atomic E-state index is -0.303. The first-order chi connectivity index (χ1) is 11.6. The second-order valence-corrected chi connectivity index (χ2v) is 6.50. The fraction of sp³-hybridized carbons (Fsp3) is 0.118. The molecular formula is C17H15ClN4OS. The number of carbonyl (C=O) groups excluding carboxylic acids is 1. The summed E-state index contributed by atoms with van der Waals surface area (Å²) in [6.07, 6.45) is 3.41. The summed E-state index contributed by atoms with van der Waals surface area (Å²) in [5.41, 5.74) is 5.98. The highest BCUT2D eigenvalue weighted by atomic mass is 35.5. The second-order valence-electron chi connectivity index (χ2n) is 5.19. The highest BCUT2D eigenvalue weighted by Crippen LogP contribution is 2.21. The number of aromatic nitrogens is 2. The van der Waals surface area contributed by atoms with Crippen LogP contribution in [0.15, 0.2) is 47.0 Å². The number of nitrogens with one attached hydrogen (secondary N) is 1. The Morgan fingerprint density at radius 2 is 2.21 bits per heavy atom. The number of amides is 1. The first kappa shape index (κ1) is 16.4. The smallest absolute Gasteiger partial charge is 0.271 e. The number of nitrogens with zero attached hydrogens (tertiary/aromatic N) is 3. The SMILES string of the molecule is Cc1cc(/C=N\NC(=O)c2cccc(Cl)c2)c(C)n1-c1nccs1. The van der Waals surface area contributed by atoms with Gasteiger partial charge in [0.1, 0.15) is 0 Å². The van der Waals surface area contributed by atoms with Gasteiger partial charge in [0.2, 0.25) is 0 Å². The molecule has 0 fully saturated rings. The molecule has 0 bridgehead atoms. The maximum Gasteiger partial charge on any atom is 0.271 e. The number of hydrogen-bond donors (Lipinski definition) is 1. The van der Waals surface area contributed by atoms with Gasteiger partial charge in [-0.15, -0.1) is 11.3 Å². The van der Waals surface area contributed by atoms with E-state index in [-0.39, 0.29) is 5.91 Å². The molecule has 122 valence electrons. The van der Waals surface area contributed by atoms with E-state index in [4.69, 9.17) is 11.6 Å². The minimum absolute atomic E-state index is 0.303. The molecule has 1 aromatic carbocycles. The number of benzene rings is 1. The Bertz CT molecular complexity index is 899. The number of carbonyl (C=O) groups is 1. The Morgan fingerprint density at radius 3 is 2.92 bits per heavy atom. The molecule has 0 saturated carbocycles. The van der Waals surface area contributed by atoms with Crippen molar-refractivity contribution < 1.29 is 4.79 Å². The van der Waals surface area contributed by atoms with Crippen LogP contribution in [0.2, 0.25) is 5.02 Å². The average molecular weight is 359 g/mol. The Hall–Kier alpha value is -2.44. The number of thiazole rings is 1. The summed E-state index contributed by atoms with van der Waals surface area (Å²) in [7, 11) is 0. The van der Waals surface area contributed by atoms with Gasteiger partial charge in [0.05, 0.1) is 6.21 Å². The van der Waals surface area contributed by atoms with Gasteiger partial charge >= 0.3 is 0 Å². The molecule has 2 heterocycles. The third-order valence-electron chi connectivity index (χ3n) is 3.54. The Kier molecular flexibility index (Phi) is 4.78. The van der Waals surface area contributed by atoms with Crippen LogP contribution in [0.3, 0.4) is 0 Å². The molecule has 0 spiro atoms. The fourth-order valence-electron chi connectivity index (χ4n) is 2.39. The van der Waals surface area contributed by atoms with Crippen molar-refractivity contribution >= 4 is 35.1 Å². The van der Waals surface area contributed by atoms with E-state index in [0.717, 1.165) is 22.1 Å². The van der Waals surface area contributed by atoms with E-state index < -0.39 is 0 Å². The quantitative estimate of drug-likeness (QED) is 0.566. The molecule has 0 radical (unpaired) electrons. The molecule has 1 N–H and O–H groups in total. The molecule has 24 heavy (non-hydrogen) atoms. The summed E-state index contributed by atoms with van der Waals surface area (Å²) < 4.78 is 2.06. The molecule has 0 atom stereocenters. The number of hydrazone groups is 1. The van der Waals surface area contributed by atoms with Crippen LogP contribution in [0.4, 0.5) is 0 Å². The van der Waals surface area contributed by atoms with Gasteiger partial charge in [0, 0.05) is 39.1 Å². The van der Waals surface area contributed by atoms with E-state index in [1.807, 2.05) is 25.3 Å². The molecule has 2 aromatic heterocycles. The van der Waals surface area contributed by atoms with Crippen molar-refractivity contribution in [1.29, 1.82) is 0 Å². The minimum Gasteiger partial charge on any atom is -0.294 e. The van der Waals surface area contributed by atoms with Crippen LogP contribution in [0.25, 0.3) is 5.13 Å². The lowest BCUT2D eigenvalue weighted by molar-refractivity contribution is 0.0955. The van der Waals surface area contributed by atoms with Crippen LogP contribution in [0.5, 0.6) is 0 Å². The van der Waals surface area contributed by atoms with Gasteiger partial charge in [-0.05, 0) is 38.1 Å². The topological polar surface area (TPSA) is 59.3 Å². The lowest BCUT2D eigenvalue weighted by atomic mass is 10.2. The van der Waals surface area contributed by atoms with E-state index in [1.54, 1.807) is 48.0 Å². The molecular weight excluding hydrogens is 344 g/mol. The van der Waals surface area contributed by atoms with Crippen LogP contribution in [-0.4, -0.2) is 21.7 Å². The van der Waals surface area contributed by atoms with Crippen LogP contribution in [-0.2, 0) is 0 Å². The Balaban J connectivity index is 1.76. The van der Waals surface area contributed by atoms with Crippen LogP contribution in [0.1, 0.15) is 27.3 Å². The summed E-state index contributed by atoms with van der Waals surface area (Å²) in [5.74, 6) is -0.303. The zero-order chi connectivity index (χ0) is 17.1. The molecule has 0 aliphatic rings. The van der Waals surface area contributed by atoms with Gasteiger partial charge in [0.25, 0.3) is 5.91 Å². The van der Waals surface area contributed by atoms with E-state index in [0.29, 0.717) is 10.6 Å². The Morgan fingerprint density at radius 1 is 1.38 bits per heavy atom. The maximum atomic E-state index is 12.0. The van der Waals surface area contributed by atoms with Crippen molar-refractivity contribution in [1.82, 2.24) is 15.0 Å². The van der Waals surface area contributed by atoms with Crippen molar-refractivity contribution in [3.05, 3.63) is 69.4 Å². The largest absolute Gasteiger partial charge is 0.294 e. The van der Waals surface area contributed by atoms with Crippen molar-refractivity contribution in [2.75, 3.05) is 0 Å². The molecule has 0 saturated heterocycles. The summed E-state index contributed by atoms with van der Waals surface area (Å²) in [5, 5.41) is 7.41. The standard InChI is InChI=1S/C17H15ClN4OS/c1-11-8-14(12(2)22(11)17-19-6-7-24-17)10-20-21-16(23)13-4-3-5-15(18)9-13/h3-10H,1-2H3,(H,21,23)/b20-10-. The normalized spacial score (nSPS) is 11.1. The van der Waals surface area contributed by atoms with E-state index in [1.165, 1.54) is 0 Å². The summed E-state index contributed by atoms with van der Waals surface area (Å²) >= 11 is 7.45. The lowest BCUT2D eigenvalue weighted by Gasteiger charge is -2.04. The molecule has 0 aliphatic heterocycles. The van der Waals surface area contributed by atoms with E-state index in [9.17, 15) is 4.79 Å². The fourth-order valence-corrected chi connectivity index (χ4v) is 3.34. The summed E-state index contributed by atoms with van der Waals surface area (Å²) in [6.45, 7) is 4.00. The predicted molar refractivity (Wildman–Crippen MR) is 97.4 cm³/mol. The lowest BCUT2D eigenvalue weighted by Crippen LogP contribution is -2.17. The maximum absolute atomic E-state index is 12.0. The Labute approximate surface area is 148 Å². The van der Waals surface area contributed by atoms with E-state index >= 15 is 0 Å². The van der Waals surface area contributed by atoms with Gasteiger partial charge in [0.15, 0.2) is 5.13 Å². The van der Waals surface area contributed by atoms with Gasteiger partial charge in [-0.2, -0.15) is 5.10 Å². The molecule has 3 rings (SSSR count). The van der Waals surface area contributed by atoms with Crippen molar-refractivity contribution in [2.45, 2.75) is 13.8 Å². The molecule has 7 heteroatoms. The first-order valence-corrected chi connectivity index (χ1v) is 8.50. The number of hydrogen-bond acceptors (Lipinski definition) is 4. The zero-order valence-electron chi connectivity index (χ0n) is 13.2. The second kappa shape index (κ2) is 6.98. The third kappa shape index (κ3) is 3.39. The van der Waals surface area contributed by atoms with Crippen molar-refractivity contribution in [3.8, 4) is 5.13 Å². The van der Waals surface area contributed by atoms with E-state index in [2.05, 4.69) is 20.1 Å². The monoisotopic (exact) mass is 358 g/mol. The van der Waals surface area contributed by atoms with Gasteiger partial charge in [-0.1, -0.05) is 17.7 Å². The number of aryl methyl sites for hydroxylation is 1. The highest BCUT2D eigenvalue weighted by Gasteiger charge is 2.11. The number of rotatable bonds is 4. The molecule has 5 nitrogen and oxygen atoms in total. The first-order valence-electron chi connectivity index (χ1n) is 7.24. The van der Waals surface area contributed by atoms with Crippen molar-refractivity contribution in [3.63, 3.8) is 0 Å². The van der Waals surface area contributed by atoms with Gasteiger partial charge < -0.3 is 0 Å². The summed E-state index contributed by atoms with van der Waals surface area (Å²) in [6, 6.07) is 8.73. The van der Waals surface area contributed by atoms with Crippen LogP contribution in [0, 0.1) is 13.8 Å². The molecule has 0 aliphatic carbocycles. The molecule has 0 unspecified atom stereocenters. The van der Waals surface area contributed by atoms with Crippen molar-refractivity contribution in [2.24, 2.45) is 5.10 Å².